The van der Waals surface area contributed by atoms with Crippen LogP contribution in [-0.2, 0) is 19.5 Å². The van der Waals surface area contributed by atoms with Crippen LogP contribution in [0.1, 0.15) is 6.42 Å². The van der Waals surface area contributed by atoms with Gasteiger partial charge in [-0.15, -0.1) is 0 Å². The van der Waals surface area contributed by atoms with Gasteiger partial charge in [0.1, 0.15) is 0 Å². The normalized spacial score (nSPS) is 15.9. The summed E-state index contributed by atoms with van der Waals surface area (Å²) in [5.74, 6) is 0. The Bertz CT molecular complexity index is 105. The van der Waals surface area contributed by atoms with Crippen LogP contribution in [0.4, 0.5) is 0 Å². The maximum Gasteiger partial charge on any atom is 0.0218 e. The van der Waals surface area contributed by atoms with Gasteiger partial charge in [0.15, 0.2) is 0 Å². The fraction of sp³-hybridized carbons (Fsp3) is 0.200. The molecule has 0 aliphatic heterocycles. The van der Waals surface area contributed by atoms with E-state index in [2.05, 4.69) is 0 Å². The van der Waals surface area contributed by atoms with Crippen LogP contribution in [0.15, 0.2) is 23.3 Å². The van der Waals surface area contributed by atoms with Crippen LogP contribution in [0.3, 0.4) is 0 Å². The van der Waals surface area contributed by atoms with Crippen molar-refractivity contribution in [3.8, 4) is 0 Å². The molecule has 0 N–H and O–H groups in total. The molecule has 0 aromatic carbocycles. The van der Waals surface area contributed by atoms with Crippen molar-refractivity contribution in [2.45, 2.75) is 6.42 Å². The molecular weight excluding hydrogens is 198 g/mol. The minimum Gasteiger partial charge on any atom is -0.0888 e. The fourth-order valence-corrected chi connectivity index (χ4v) is 0.583. The summed E-state index contributed by atoms with van der Waals surface area (Å²) in [6.07, 6.45) is 6.83. The van der Waals surface area contributed by atoms with Gasteiger partial charge in [0.2, 0.25) is 0 Å². The third-order valence-electron chi connectivity index (χ3n) is 0.726. The van der Waals surface area contributed by atoms with E-state index in [4.69, 9.17) is 11.6 Å². The Hall–Kier alpha value is 0.393. The third-order valence-corrected chi connectivity index (χ3v) is 1.01. The van der Waals surface area contributed by atoms with Gasteiger partial charge in [0, 0.05) is 30.9 Å². The van der Waals surface area contributed by atoms with Crippen LogP contribution in [0.2, 0.25) is 0 Å². The van der Waals surface area contributed by atoms with Gasteiger partial charge < -0.3 is 0 Å². The Morgan fingerprint density at radius 2 is 2.29 bits per heavy atom. The second-order valence-electron chi connectivity index (χ2n) is 1.25. The monoisotopic (exact) mass is 203 g/mol. The SMILES string of the molecule is ClC1=CC=CC1.[Rh]. The maximum atomic E-state index is 5.51. The zero-order chi connectivity index (χ0) is 4.41. The van der Waals surface area contributed by atoms with Gasteiger partial charge in [0.25, 0.3) is 0 Å². The number of hydrogen-bond donors (Lipinski definition) is 0. The molecule has 0 bridgehead atoms. The van der Waals surface area contributed by atoms with Crippen molar-refractivity contribution in [3.05, 3.63) is 23.3 Å². The minimum absolute atomic E-state index is 0. The molecule has 0 aromatic heterocycles. The Labute approximate surface area is 61.0 Å². The molecule has 0 unspecified atom stereocenters. The average Bonchev–Trinajstić information content (AvgIpc) is 1.86. The van der Waals surface area contributed by atoms with E-state index in [9.17, 15) is 0 Å². The molecule has 0 saturated heterocycles. The molecule has 7 heavy (non-hydrogen) atoms. The molecule has 0 amide bonds. The summed E-state index contributed by atoms with van der Waals surface area (Å²) in [4.78, 5) is 0. The van der Waals surface area contributed by atoms with Gasteiger partial charge in [-0.05, 0) is 6.08 Å². The largest absolute Gasteiger partial charge is 0.0888 e. The van der Waals surface area contributed by atoms with Crippen LogP contribution in [-0.4, -0.2) is 0 Å². The maximum absolute atomic E-state index is 5.51. The first-order valence-corrected chi connectivity index (χ1v) is 2.28. The second kappa shape index (κ2) is 3.40. The van der Waals surface area contributed by atoms with Crippen molar-refractivity contribution in [1.29, 1.82) is 0 Å². The van der Waals surface area contributed by atoms with Crippen molar-refractivity contribution < 1.29 is 19.5 Å². The topological polar surface area (TPSA) is 0 Å². The first-order chi connectivity index (χ1) is 2.89. The van der Waals surface area contributed by atoms with Gasteiger partial charge >= 0.3 is 0 Å². The standard InChI is InChI=1S/C5H5Cl.Rh/c6-5-3-1-2-4-5;/h1-3H,4H2;. The zero-order valence-electron chi connectivity index (χ0n) is 3.65. The van der Waals surface area contributed by atoms with Crippen molar-refractivity contribution in [1.82, 2.24) is 0 Å². The van der Waals surface area contributed by atoms with Crippen LogP contribution in [0.5, 0.6) is 0 Å². The Balaban J connectivity index is 0.000000360. The Kier molecular flexibility index (Phi) is 3.59. The van der Waals surface area contributed by atoms with Gasteiger partial charge in [-0.3, -0.25) is 0 Å². The molecule has 0 aromatic rings. The van der Waals surface area contributed by atoms with E-state index in [0.29, 0.717) is 0 Å². The molecule has 0 heterocycles. The molecule has 2 heteroatoms. The van der Waals surface area contributed by atoms with Crippen LogP contribution in [0, 0.1) is 0 Å². The van der Waals surface area contributed by atoms with Crippen molar-refractivity contribution in [2.75, 3.05) is 0 Å². The average molecular weight is 203 g/mol. The molecule has 41 valence electrons. The van der Waals surface area contributed by atoms with E-state index >= 15 is 0 Å². The number of rotatable bonds is 0. The van der Waals surface area contributed by atoms with E-state index < -0.39 is 0 Å². The van der Waals surface area contributed by atoms with Gasteiger partial charge in [-0.2, -0.15) is 0 Å². The summed E-state index contributed by atoms with van der Waals surface area (Å²) < 4.78 is 0. The van der Waals surface area contributed by atoms with E-state index in [1.54, 1.807) is 0 Å². The molecule has 0 atom stereocenters. The summed E-state index contributed by atoms with van der Waals surface area (Å²) in [5.41, 5.74) is 0. The molecule has 1 aliphatic carbocycles. The van der Waals surface area contributed by atoms with E-state index in [0.717, 1.165) is 11.5 Å². The van der Waals surface area contributed by atoms with E-state index in [1.807, 2.05) is 18.2 Å². The smallest absolute Gasteiger partial charge is 0.0218 e. The molecular formula is C5H5ClRh. The molecule has 0 fully saturated rings. The molecule has 1 aliphatic rings. The quantitative estimate of drug-likeness (QED) is 0.529. The summed E-state index contributed by atoms with van der Waals surface area (Å²) >= 11 is 5.51. The Morgan fingerprint density at radius 1 is 1.57 bits per heavy atom. The van der Waals surface area contributed by atoms with Crippen molar-refractivity contribution in [2.24, 2.45) is 0 Å². The first-order valence-electron chi connectivity index (χ1n) is 1.91. The van der Waals surface area contributed by atoms with Crippen LogP contribution < -0.4 is 0 Å². The summed E-state index contributed by atoms with van der Waals surface area (Å²) in [6.45, 7) is 0. The van der Waals surface area contributed by atoms with Gasteiger partial charge in [0.05, 0.1) is 0 Å². The van der Waals surface area contributed by atoms with Gasteiger partial charge in [-0.25, -0.2) is 0 Å². The molecule has 0 spiro atoms. The summed E-state index contributed by atoms with van der Waals surface area (Å²) in [6, 6.07) is 0. The summed E-state index contributed by atoms with van der Waals surface area (Å²) in [5, 5.41) is 0.940. The predicted molar refractivity (Wildman–Crippen MR) is 27.7 cm³/mol. The molecule has 0 nitrogen and oxygen atoms in total. The number of allylic oxidation sites excluding steroid dienone is 4. The first kappa shape index (κ1) is 7.39. The Morgan fingerprint density at radius 3 is 2.43 bits per heavy atom. The molecule has 1 radical (unpaired) electrons. The zero-order valence-corrected chi connectivity index (χ0v) is 6.05. The van der Waals surface area contributed by atoms with Crippen LogP contribution in [0.25, 0.3) is 0 Å². The van der Waals surface area contributed by atoms with Gasteiger partial charge in [-0.1, -0.05) is 23.8 Å². The third kappa shape index (κ3) is 2.26. The van der Waals surface area contributed by atoms with E-state index in [-0.39, 0.29) is 19.5 Å². The molecule has 1 rings (SSSR count). The second-order valence-corrected chi connectivity index (χ2v) is 1.73. The molecule has 0 saturated carbocycles. The predicted octanol–water partition coefficient (Wildman–Crippen LogP) is 2.07. The van der Waals surface area contributed by atoms with Crippen molar-refractivity contribution in [3.63, 3.8) is 0 Å². The fourth-order valence-electron chi connectivity index (χ4n) is 0.421. The summed E-state index contributed by atoms with van der Waals surface area (Å²) in [7, 11) is 0. The van der Waals surface area contributed by atoms with E-state index in [1.165, 1.54) is 0 Å². The number of halogens is 1. The van der Waals surface area contributed by atoms with Crippen molar-refractivity contribution >= 4 is 11.6 Å². The minimum atomic E-state index is 0. The number of hydrogen-bond acceptors (Lipinski definition) is 0. The van der Waals surface area contributed by atoms with Crippen LogP contribution >= 0.6 is 11.6 Å².